The molecule has 3 amide bonds. The molecule has 0 aromatic heterocycles. The first-order valence-electron chi connectivity index (χ1n) is 12.9. The van der Waals surface area contributed by atoms with Crippen LogP contribution >= 0.6 is 0 Å². The average molecular weight is 585 g/mol. The maximum Gasteiger partial charge on any atom is 0.389 e. The van der Waals surface area contributed by atoms with E-state index in [2.05, 4.69) is 15.6 Å². The molecule has 1 aliphatic rings. The van der Waals surface area contributed by atoms with Crippen molar-refractivity contribution in [2.24, 2.45) is 22.6 Å². The molecule has 222 valence electrons. The number of nitrogens with zero attached hydrogens (tertiary/aromatic N) is 1. The summed E-state index contributed by atoms with van der Waals surface area (Å²) >= 11 is 0. The van der Waals surface area contributed by atoms with Crippen molar-refractivity contribution in [2.75, 3.05) is 5.32 Å². The number of alkyl halides is 6. The number of fused-ring (bicyclic) bond motifs is 1. The monoisotopic (exact) mass is 584 g/mol. The predicted octanol–water partition coefficient (Wildman–Crippen LogP) is 5.44. The van der Waals surface area contributed by atoms with Crippen LogP contribution in [-0.4, -0.2) is 42.0 Å². The zero-order chi connectivity index (χ0) is 30.5. The lowest BCUT2D eigenvalue weighted by molar-refractivity contribution is -0.152. The number of hydrogen-bond acceptors (Lipinski definition) is 4. The summed E-state index contributed by atoms with van der Waals surface area (Å²) in [6, 6.07) is 13.9. The van der Waals surface area contributed by atoms with E-state index in [1.165, 1.54) is 0 Å². The van der Waals surface area contributed by atoms with E-state index in [1.54, 1.807) is 48.5 Å². The van der Waals surface area contributed by atoms with Gasteiger partial charge in [0.2, 0.25) is 18.0 Å². The normalized spacial score (nSPS) is 17.1. The summed E-state index contributed by atoms with van der Waals surface area (Å²) < 4.78 is 77.9. The number of amides is 3. The highest BCUT2D eigenvalue weighted by atomic mass is 19.4. The Kier molecular flexibility index (Phi) is 9.82. The van der Waals surface area contributed by atoms with Crippen LogP contribution in [0.3, 0.4) is 0 Å². The third-order valence-electron chi connectivity index (χ3n) is 6.72. The molecule has 0 aliphatic carbocycles. The van der Waals surface area contributed by atoms with E-state index >= 15 is 0 Å². The number of halogens is 6. The molecule has 0 unspecified atom stereocenters. The first kappa shape index (κ1) is 31.6. The number of nitrogens with two attached hydrogens (primary N) is 1. The Balaban J connectivity index is 2.03. The SMILES string of the molecule is CC(C)c1cccc2c1NC(=O)[C@@H](NC(=O)[C@@H](CCC(F)(F)F)[C@@H](CCC(F)(F)F)C(N)=O)N=C2c1ccccc1. The van der Waals surface area contributed by atoms with Crippen LogP contribution < -0.4 is 16.4 Å². The van der Waals surface area contributed by atoms with Crippen molar-refractivity contribution < 1.29 is 40.7 Å². The Hall–Kier alpha value is -3.90. The molecule has 1 heterocycles. The van der Waals surface area contributed by atoms with E-state index in [0.29, 0.717) is 22.5 Å². The zero-order valence-electron chi connectivity index (χ0n) is 22.3. The molecule has 0 saturated heterocycles. The Morgan fingerprint density at radius 2 is 1.51 bits per heavy atom. The molecule has 0 saturated carbocycles. The molecule has 1 aliphatic heterocycles. The van der Waals surface area contributed by atoms with Crippen LogP contribution in [0.2, 0.25) is 0 Å². The second kappa shape index (κ2) is 12.7. The average Bonchev–Trinajstić information content (AvgIpc) is 3.00. The Bertz CT molecular complexity index is 1290. The third-order valence-corrected chi connectivity index (χ3v) is 6.72. The van der Waals surface area contributed by atoms with Gasteiger partial charge in [0.1, 0.15) is 0 Å². The summed E-state index contributed by atoms with van der Waals surface area (Å²) in [5.41, 5.74) is 7.84. The molecule has 2 aromatic carbocycles. The minimum absolute atomic E-state index is 0.0369. The maximum atomic E-state index is 13.3. The molecule has 3 atom stereocenters. The number of benzene rings is 2. The van der Waals surface area contributed by atoms with Crippen LogP contribution in [0, 0.1) is 11.8 Å². The van der Waals surface area contributed by atoms with Crippen LogP contribution in [0.25, 0.3) is 0 Å². The number of nitrogens with one attached hydrogen (secondary N) is 2. The van der Waals surface area contributed by atoms with Crippen LogP contribution in [0.15, 0.2) is 53.5 Å². The van der Waals surface area contributed by atoms with E-state index < -0.39 is 73.8 Å². The van der Waals surface area contributed by atoms with Crippen molar-refractivity contribution in [1.82, 2.24) is 5.32 Å². The van der Waals surface area contributed by atoms with Crippen molar-refractivity contribution >= 4 is 29.1 Å². The fourth-order valence-corrected chi connectivity index (χ4v) is 4.70. The lowest BCUT2D eigenvalue weighted by atomic mass is 9.83. The van der Waals surface area contributed by atoms with Gasteiger partial charge in [0, 0.05) is 35.8 Å². The Labute approximate surface area is 232 Å². The van der Waals surface area contributed by atoms with Gasteiger partial charge in [0.05, 0.1) is 11.4 Å². The molecule has 0 spiro atoms. The maximum absolute atomic E-state index is 13.3. The van der Waals surface area contributed by atoms with Crippen LogP contribution in [0.1, 0.15) is 62.1 Å². The number of para-hydroxylation sites is 1. The third kappa shape index (κ3) is 8.54. The zero-order valence-corrected chi connectivity index (χ0v) is 22.3. The summed E-state index contributed by atoms with van der Waals surface area (Å²) in [5, 5.41) is 5.00. The number of benzodiazepines with no additional fused rings is 1. The molecule has 41 heavy (non-hydrogen) atoms. The van der Waals surface area contributed by atoms with Crippen LogP contribution in [0.5, 0.6) is 0 Å². The number of carbonyl (C=O) groups is 3. The molecule has 0 fully saturated rings. The molecule has 2 aromatic rings. The molecular weight excluding hydrogens is 554 g/mol. The molecule has 3 rings (SSSR count). The smallest absolute Gasteiger partial charge is 0.369 e. The molecule has 0 bridgehead atoms. The number of anilines is 1. The van der Waals surface area contributed by atoms with E-state index in [4.69, 9.17) is 5.73 Å². The van der Waals surface area contributed by atoms with Crippen LogP contribution in [0.4, 0.5) is 32.0 Å². The van der Waals surface area contributed by atoms with Crippen molar-refractivity contribution in [3.63, 3.8) is 0 Å². The molecule has 4 N–H and O–H groups in total. The van der Waals surface area contributed by atoms with Gasteiger partial charge in [-0.1, -0.05) is 62.4 Å². The van der Waals surface area contributed by atoms with Gasteiger partial charge in [-0.05, 0) is 24.3 Å². The summed E-state index contributed by atoms with van der Waals surface area (Å²) in [4.78, 5) is 43.2. The van der Waals surface area contributed by atoms with Gasteiger partial charge in [0.15, 0.2) is 0 Å². The van der Waals surface area contributed by atoms with Crippen molar-refractivity contribution in [3.05, 3.63) is 65.2 Å². The van der Waals surface area contributed by atoms with Crippen molar-refractivity contribution in [3.8, 4) is 0 Å². The molecular formula is C28H30F6N4O3. The molecule has 0 radical (unpaired) electrons. The minimum atomic E-state index is -4.77. The molecule has 13 heteroatoms. The van der Waals surface area contributed by atoms with Gasteiger partial charge in [-0.2, -0.15) is 26.3 Å². The molecule has 7 nitrogen and oxygen atoms in total. The van der Waals surface area contributed by atoms with Gasteiger partial charge >= 0.3 is 12.4 Å². The lowest BCUT2D eigenvalue weighted by Gasteiger charge is -2.26. The Morgan fingerprint density at radius 3 is 2.05 bits per heavy atom. The summed E-state index contributed by atoms with van der Waals surface area (Å²) in [7, 11) is 0. The largest absolute Gasteiger partial charge is 0.389 e. The number of carbonyl (C=O) groups excluding carboxylic acids is 3. The van der Waals surface area contributed by atoms with Crippen molar-refractivity contribution in [1.29, 1.82) is 0 Å². The lowest BCUT2D eigenvalue weighted by Crippen LogP contribution is -2.48. The highest BCUT2D eigenvalue weighted by Crippen LogP contribution is 2.34. The Morgan fingerprint density at radius 1 is 0.927 bits per heavy atom. The fraction of sp³-hybridized carbons (Fsp3) is 0.429. The topological polar surface area (TPSA) is 114 Å². The first-order valence-corrected chi connectivity index (χ1v) is 12.9. The first-order chi connectivity index (χ1) is 19.1. The quantitative estimate of drug-likeness (QED) is 0.323. The van der Waals surface area contributed by atoms with E-state index in [0.717, 1.165) is 5.56 Å². The van der Waals surface area contributed by atoms with E-state index in [1.807, 2.05) is 13.8 Å². The van der Waals surface area contributed by atoms with Crippen LogP contribution in [-0.2, 0) is 14.4 Å². The highest BCUT2D eigenvalue weighted by Gasteiger charge is 2.40. The fourth-order valence-electron chi connectivity index (χ4n) is 4.70. The number of primary amides is 1. The van der Waals surface area contributed by atoms with Gasteiger partial charge in [-0.15, -0.1) is 0 Å². The van der Waals surface area contributed by atoms with Gasteiger partial charge in [0.25, 0.3) is 5.91 Å². The van der Waals surface area contributed by atoms with Gasteiger partial charge in [-0.25, -0.2) is 4.99 Å². The highest BCUT2D eigenvalue weighted by molar-refractivity contribution is 6.20. The van der Waals surface area contributed by atoms with Crippen molar-refractivity contribution in [2.45, 2.75) is 64.0 Å². The number of aliphatic imine (C=N–C) groups is 1. The summed E-state index contributed by atoms with van der Waals surface area (Å²) in [5.74, 6) is -7.22. The summed E-state index contributed by atoms with van der Waals surface area (Å²) in [6.45, 7) is 3.81. The van der Waals surface area contributed by atoms with Gasteiger partial charge in [-0.3, -0.25) is 14.4 Å². The second-order valence-electron chi connectivity index (χ2n) is 10.1. The number of hydrogen-bond donors (Lipinski definition) is 3. The standard InChI is InChI=1S/C28H30F6N4O3/c1-15(2)17-9-6-10-20-21(16-7-4-3-5-8-16)36-24(26(41)37-22(17)20)38-25(40)19(12-14-28(32,33)34)18(23(35)39)11-13-27(29,30)31/h3-10,15,18-19,24H,11-14H2,1-2H3,(H2,35,39)(H,37,41)(H,38,40)/t18-,19+,24-/m1/s1. The van der Waals surface area contributed by atoms with E-state index in [9.17, 15) is 40.7 Å². The van der Waals surface area contributed by atoms with E-state index in [-0.39, 0.29) is 5.92 Å². The second-order valence-corrected chi connectivity index (χ2v) is 10.1. The van der Waals surface area contributed by atoms with Gasteiger partial charge < -0.3 is 16.4 Å². The minimum Gasteiger partial charge on any atom is -0.369 e. The predicted molar refractivity (Wildman–Crippen MR) is 140 cm³/mol. The number of rotatable bonds is 10. The summed E-state index contributed by atoms with van der Waals surface area (Å²) in [6.07, 6.45) is -16.3.